The van der Waals surface area contributed by atoms with E-state index in [1.165, 1.54) is 12.4 Å². The first-order valence-corrected chi connectivity index (χ1v) is 10.7. The number of para-hydroxylation sites is 2. The number of hydrogen-bond donors (Lipinski definition) is 0. The molecule has 2 aromatic carbocycles. The first-order chi connectivity index (χ1) is 13.8. The Hall–Kier alpha value is -3.19. The van der Waals surface area contributed by atoms with Crippen LogP contribution in [0.15, 0.2) is 64.5 Å². The van der Waals surface area contributed by atoms with Crippen molar-refractivity contribution in [1.29, 1.82) is 0 Å². The van der Waals surface area contributed by atoms with E-state index in [1.807, 2.05) is 55.7 Å². The van der Waals surface area contributed by atoms with Gasteiger partial charge in [0.05, 0.1) is 12.2 Å². The quantitative estimate of drug-likeness (QED) is 0.615. The normalized spacial score (nSPS) is 14.7. The lowest BCUT2D eigenvalue weighted by molar-refractivity contribution is 0.0980. The number of nitrogens with zero attached hydrogens (tertiary/aromatic N) is 3. The Morgan fingerprint density at radius 3 is 2.45 bits per heavy atom. The molecule has 6 nitrogen and oxygen atoms in total. The van der Waals surface area contributed by atoms with Crippen molar-refractivity contribution in [2.24, 2.45) is 4.99 Å². The average molecular weight is 407 g/mol. The number of rotatable bonds is 4. The first-order valence-electron chi connectivity index (χ1n) is 9.24. The summed E-state index contributed by atoms with van der Waals surface area (Å²) in [5, 5.41) is 0. The van der Waals surface area contributed by atoms with Gasteiger partial charge in [-0.15, -0.1) is 0 Å². The number of aryl methyl sites for hydroxylation is 2. The van der Waals surface area contributed by atoms with Crippen LogP contribution in [-0.4, -0.2) is 36.0 Å². The van der Waals surface area contributed by atoms with Gasteiger partial charge in [-0.1, -0.05) is 30.3 Å². The molecule has 3 aromatic rings. The number of carbonyl (C=O) groups excluding carboxylic acids is 1. The van der Waals surface area contributed by atoms with Gasteiger partial charge in [0.2, 0.25) is 0 Å². The van der Waals surface area contributed by atoms with Crippen LogP contribution in [0.5, 0.6) is 0 Å². The predicted molar refractivity (Wildman–Crippen MR) is 113 cm³/mol. The fourth-order valence-corrected chi connectivity index (χ4v) is 5.03. The highest BCUT2D eigenvalue weighted by Crippen LogP contribution is 2.30. The number of aromatic nitrogens is 1. The van der Waals surface area contributed by atoms with Gasteiger partial charge in [-0.3, -0.25) is 4.79 Å². The highest BCUT2D eigenvalue weighted by Gasteiger charge is 2.31. The molecule has 7 heteroatoms. The zero-order valence-electron chi connectivity index (χ0n) is 16.5. The van der Waals surface area contributed by atoms with Crippen LogP contribution < -0.4 is 0 Å². The minimum absolute atomic E-state index is 0.112. The lowest BCUT2D eigenvalue weighted by Gasteiger charge is -2.23. The lowest BCUT2D eigenvalue weighted by atomic mass is 10.1. The number of ketones is 1. The standard InChI is InChI=1S/C22H21N3O3S/c1-15-8-4-6-10-20(15)25-16(2)12-18(17(25)3)21(26)13-24-14-23-19-9-5-7-11-22(19)29(24,27)28/h4-12,14H,13H2,1-3H3. The topological polar surface area (TPSA) is 71.7 Å². The monoisotopic (exact) mass is 407 g/mol. The SMILES string of the molecule is Cc1ccccc1-n1c(C)cc(C(=O)CN2C=Nc3ccccc3S2(=O)=O)c1C. The fraction of sp³-hybridized carbons (Fsp3) is 0.182. The maximum atomic E-state index is 13.0. The summed E-state index contributed by atoms with van der Waals surface area (Å²) in [6, 6.07) is 16.3. The Labute approximate surface area is 170 Å². The first kappa shape index (κ1) is 19.1. The average Bonchev–Trinajstić information content (AvgIpc) is 2.99. The molecule has 1 aliphatic heterocycles. The van der Waals surface area contributed by atoms with Crippen molar-refractivity contribution >= 4 is 27.8 Å². The largest absolute Gasteiger partial charge is 0.317 e. The van der Waals surface area contributed by atoms with Crippen LogP contribution in [0, 0.1) is 20.8 Å². The van der Waals surface area contributed by atoms with Gasteiger partial charge in [0.1, 0.15) is 11.2 Å². The van der Waals surface area contributed by atoms with Crippen molar-refractivity contribution < 1.29 is 13.2 Å². The van der Waals surface area contributed by atoms with Gasteiger partial charge in [0, 0.05) is 22.6 Å². The second kappa shape index (κ2) is 7.00. The lowest BCUT2D eigenvalue weighted by Crippen LogP contribution is -2.36. The van der Waals surface area contributed by atoms with Crippen molar-refractivity contribution in [1.82, 2.24) is 8.87 Å². The summed E-state index contributed by atoms with van der Waals surface area (Å²) < 4.78 is 28.8. The molecular formula is C22H21N3O3S. The third-order valence-corrected chi connectivity index (χ3v) is 6.91. The van der Waals surface area contributed by atoms with Gasteiger partial charge in [-0.2, -0.15) is 0 Å². The molecule has 0 N–H and O–H groups in total. The Morgan fingerprint density at radius 2 is 1.69 bits per heavy atom. The van der Waals surface area contributed by atoms with E-state index in [0.717, 1.165) is 26.9 Å². The van der Waals surface area contributed by atoms with Crippen molar-refractivity contribution in [3.63, 3.8) is 0 Å². The van der Waals surface area contributed by atoms with Gasteiger partial charge in [0.15, 0.2) is 5.78 Å². The number of hydrogen-bond acceptors (Lipinski definition) is 4. The molecule has 0 radical (unpaired) electrons. The van der Waals surface area contributed by atoms with E-state index >= 15 is 0 Å². The fourth-order valence-electron chi connectivity index (χ4n) is 3.68. The van der Waals surface area contributed by atoms with Crippen LogP contribution in [0.25, 0.3) is 5.69 Å². The van der Waals surface area contributed by atoms with Crippen molar-refractivity contribution in [2.45, 2.75) is 25.7 Å². The molecule has 0 spiro atoms. The Bertz CT molecular complexity index is 1260. The highest BCUT2D eigenvalue weighted by atomic mass is 32.2. The summed E-state index contributed by atoms with van der Waals surface area (Å²) in [6.45, 7) is 5.54. The molecule has 148 valence electrons. The molecule has 0 saturated heterocycles. The highest BCUT2D eigenvalue weighted by molar-refractivity contribution is 7.89. The summed E-state index contributed by atoms with van der Waals surface area (Å²) in [5.41, 5.74) is 4.69. The molecule has 2 heterocycles. The Kier molecular flexibility index (Phi) is 4.62. The Balaban J connectivity index is 1.67. The molecule has 0 bridgehead atoms. The molecule has 1 aliphatic rings. The van der Waals surface area contributed by atoms with Gasteiger partial charge < -0.3 is 4.57 Å². The molecule has 1 aromatic heterocycles. The van der Waals surface area contributed by atoms with Crippen LogP contribution in [0.4, 0.5) is 5.69 Å². The van der Waals surface area contributed by atoms with Gasteiger partial charge in [-0.05, 0) is 50.6 Å². The number of carbonyl (C=O) groups is 1. The molecule has 0 aliphatic carbocycles. The second-order valence-electron chi connectivity index (χ2n) is 7.09. The summed E-state index contributed by atoms with van der Waals surface area (Å²) in [6.07, 6.45) is 1.22. The van der Waals surface area contributed by atoms with Crippen LogP contribution in [0.1, 0.15) is 27.3 Å². The van der Waals surface area contributed by atoms with Crippen molar-refractivity contribution in [3.8, 4) is 5.69 Å². The minimum Gasteiger partial charge on any atom is -0.317 e. The molecule has 0 fully saturated rings. The summed E-state index contributed by atoms with van der Waals surface area (Å²) in [4.78, 5) is 17.3. The number of aliphatic imine (C=N–C) groups is 1. The number of benzene rings is 2. The number of sulfonamides is 1. The smallest absolute Gasteiger partial charge is 0.267 e. The molecule has 29 heavy (non-hydrogen) atoms. The van der Waals surface area contributed by atoms with E-state index in [4.69, 9.17) is 0 Å². The van der Waals surface area contributed by atoms with E-state index in [9.17, 15) is 13.2 Å². The van der Waals surface area contributed by atoms with Crippen molar-refractivity contribution in [3.05, 3.63) is 77.1 Å². The van der Waals surface area contributed by atoms with E-state index in [2.05, 4.69) is 4.99 Å². The summed E-state index contributed by atoms with van der Waals surface area (Å²) in [5.74, 6) is -0.271. The Morgan fingerprint density at radius 1 is 1.00 bits per heavy atom. The van der Waals surface area contributed by atoms with E-state index < -0.39 is 10.0 Å². The zero-order valence-corrected chi connectivity index (χ0v) is 17.3. The molecule has 0 amide bonds. The minimum atomic E-state index is -3.80. The third-order valence-electron chi connectivity index (χ3n) is 5.16. The van der Waals surface area contributed by atoms with Crippen LogP contribution >= 0.6 is 0 Å². The molecule has 0 unspecified atom stereocenters. The van der Waals surface area contributed by atoms with E-state index in [1.54, 1.807) is 18.2 Å². The van der Waals surface area contributed by atoms with E-state index in [0.29, 0.717) is 11.3 Å². The number of Topliss-reactive ketones (excluding diaryl/α,β-unsaturated/α-hetero) is 1. The maximum Gasteiger partial charge on any atom is 0.267 e. The molecule has 0 atom stereocenters. The summed E-state index contributed by atoms with van der Waals surface area (Å²) >= 11 is 0. The van der Waals surface area contributed by atoms with Gasteiger partial charge in [-0.25, -0.2) is 17.7 Å². The van der Waals surface area contributed by atoms with Gasteiger partial charge in [0.25, 0.3) is 10.0 Å². The molecule has 0 saturated carbocycles. The van der Waals surface area contributed by atoms with Gasteiger partial charge >= 0.3 is 0 Å². The number of fused-ring (bicyclic) bond motifs is 1. The summed E-state index contributed by atoms with van der Waals surface area (Å²) in [7, 11) is -3.80. The maximum absolute atomic E-state index is 13.0. The van der Waals surface area contributed by atoms with Crippen LogP contribution in [0.2, 0.25) is 0 Å². The van der Waals surface area contributed by atoms with Crippen molar-refractivity contribution in [2.75, 3.05) is 6.54 Å². The predicted octanol–water partition coefficient (Wildman–Crippen LogP) is 3.95. The molecule has 4 rings (SSSR count). The van der Waals surface area contributed by atoms with Crippen LogP contribution in [0.3, 0.4) is 0 Å². The third kappa shape index (κ3) is 3.17. The van der Waals surface area contributed by atoms with E-state index in [-0.39, 0.29) is 17.2 Å². The molecular weight excluding hydrogens is 386 g/mol. The van der Waals surface area contributed by atoms with Crippen LogP contribution in [-0.2, 0) is 10.0 Å². The second-order valence-corrected chi connectivity index (χ2v) is 8.95. The zero-order chi connectivity index (χ0) is 20.8.